The zero-order chi connectivity index (χ0) is 23.1. The second-order valence-corrected chi connectivity index (χ2v) is 7.79. The van der Waals surface area contributed by atoms with Crippen LogP contribution >= 0.6 is 0 Å². The van der Waals surface area contributed by atoms with E-state index in [1.807, 2.05) is 5.10 Å². The van der Waals surface area contributed by atoms with E-state index < -0.39 is 53.9 Å². The Morgan fingerprint density at radius 1 is 1.28 bits per heavy atom. The van der Waals surface area contributed by atoms with Crippen molar-refractivity contribution in [3.8, 4) is 0 Å². The Labute approximate surface area is 179 Å². The monoisotopic (exact) mass is 460 g/mol. The number of carbonyl (C=O) groups excluding carboxylic acids is 1. The molecule has 0 aromatic carbocycles. The van der Waals surface area contributed by atoms with E-state index in [0.717, 1.165) is 6.07 Å². The van der Waals surface area contributed by atoms with Gasteiger partial charge in [0.15, 0.2) is 17.2 Å². The number of halogens is 4. The van der Waals surface area contributed by atoms with Crippen molar-refractivity contribution < 1.29 is 36.6 Å². The third-order valence-corrected chi connectivity index (χ3v) is 4.92. The van der Waals surface area contributed by atoms with Crippen molar-refractivity contribution in [2.75, 3.05) is 18.5 Å². The van der Waals surface area contributed by atoms with Gasteiger partial charge in [0.25, 0.3) is 5.91 Å². The molecule has 0 spiro atoms. The molecule has 4 atom stereocenters. The number of rotatable bonds is 5. The highest BCUT2D eigenvalue weighted by atomic mass is 19.4. The maximum Gasteiger partial charge on any atom is 0.434 e. The second kappa shape index (κ2) is 8.26. The second-order valence-electron chi connectivity index (χ2n) is 7.79. The number of aromatic nitrogens is 4. The van der Waals surface area contributed by atoms with Gasteiger partial charge in [-0.15, -0.1) is 0 Å². The number of carbonyl (C=O) groups is 1. The maximum atomic E-state index is 13.0. The minimum Gasteiger partial charge on any atom is -0.371 e. The molecule has 3 N–H and O–H groups in total. The van der Waals surface area contributed by atoms with Crippen LogP contribution in [0.4, 0.5) is 23.4 Å². The molecule has 0 bridgehead atoms. The molecule has 0 unspecified atom stereocenters. The zero-order valence-electron chi connectivity index (χ0n) is 16.9. The molecule has 174 valence electrons. The molecular weight excluding hydrogens is 440 g/mol. The van der Waals surface area contributed by atoms with Crippen LogP contribution in [-0.2, 0) is 20.4 Å². The lowest BCUT2D eigenvalue weighted by molar-refractivity contribution is -0.153. The van der Waals surface area contributed by atoms with Crippen LogP contribution in [0.25, 0.3) is 0 Å². The van der Waals surface area contributed by atoms with Crippen molar-refractivity contribution >= 4 is 11.7 Å². The summed E-state index contributed by atoms with van der Waals surface area (Å²) in [6.07, 6.45) is -4.72. The lowest BCUT2D eigenvalue weighted by atomic mass is 9.98. The number of anilines is 1. The van der Waals surface area contributed by atoms with E-state index in [1.165, 1.54) is 6.20 Å². The smallest absolute Gasteiger partial charge is 0.371 e. The molecular formula is C18H20F4N6O4. The molecule has 4 rings (SSSR count). The topological polar surface area (TPSA) is 123 Å². The Morgan fingerprint density at radius 3 is 2.72 bits per heavy atom. The number of amides is 1. The lowest BCUT2D eigenvalue weighted by Crippen LogP contribution is -2.57. The Hall–Kier alpha value is -2.84. The van der Waals surface area contributed by atoms with Gasteiger partial charge in [0.2, 0.25) is 5.95 Å². The largest absolute Gasteiger partial charge is 0.434 e. The number of nitrogens with one attached hydrogen (secondary N) is 3. The van der Waals surface area contributed by atoms with Crippen molar-refractivity contribution in [1.82, 2.24) is 25.5 Å². The number of alkyl halides is 3. The Bertz CT molecular complexity index is 984. The first-order valence-electron chi connectivity index (χ1n) is 9.64. The van der Waals surface area contributed by atoms with Crippen LogP contribution in [0.15, 0.2) is 18.5 Å². The minimum atomic E-state index is -4.63. The summed E-state index contributed by atoms with van der Waals surface area (Å²) in [5, 5.41) is 11.0. The molecule has 0 saturated carbocycles. The molecule has 32 heavy (non-hydrogen) atoms. The molecule has 1 amide bonds. The molecule has 2 fully saturated rings. The third kappa shape index (κ3) is 4.81. The quantitative estimate of drug-likeness (QED) is 0.574. The van der Waals surface area contributed by atoms with Crippen LogP contribution in [0.1, 0.15) is 30.0 Å². The summed E-state index contributed by atoms with van der Waals surface area (Å²) < 4.78 is 69.5. The Morgan fingerprint density at radius 2 is 2.03 bits per heavy atom. The van der Waals surface area contributed by atoms with E-state index in [-0.39, 0.29) is 24.7 Å². The van der Waals surface area contributed by atoms with Gasteiger partial charge in [0, 0.05) is 12.6 Å². The van der Waals surface area contributed by atoms with Gasteiger partial charge in [-0.25, -0.2) is 4.98 Å². The van der Waals surface area contributed by atoms with Crippen molar-refractivity contribution in [2.24, 2.45) is 0 Å². The van der Waals surface area contributed by atoms with Gasteiger partial charge in [0.05, 0.1) is 25.0 Å². The number of hydrogen-bond donors (Lipinski definition) is 3. The molecule has 2 aliphatic rings. The molecule has 2 aromatic rings. The first-order valence-corrected chi connectivity index (χ1v) is 9.64. The molecule has 2 aromatic heterocycles. The van der Waals surface area contributed by atoms with Crippen molar-refractivity contribution in [3.63, 3.8) is 0 Å². The summed E-state index contributed by atoms with van der Waals surface area (Å²) in [5.74, 6) is -2.43. The van der Waals surface area contributed by atoms with Gasteiger partial charge < -0.3 is 24.8 Å². The Kier molecular flexibility index (Phi) is 5.77. The van der Waals surface area contributed by atoms with E-state index in [4.69, 9.17) is 14.2 Å². The summed E-state index contributed by atoms with van der Waals surface area (Å²) in [4.78, 5) is 19.3. The van der Waals surface area contributed by atoms with E-state index in [9.17, 15) is 22.4 Å². The van der Waals surface area contributed by atoms with Gasteiger partial charge in [0.1, 0.15) is 24.1 Å². The molecule has 0 radical (unpaired) electrons. The Balaban J connectivity index is 1.44. The molecule has 0 aliphatic carbocycles. The van der Waals surface area contributed by atoms with Gasteiger partial charge in [-0.1, -0.05) is 0 Å². The molecule has 2 aliphatic heterocycles. The maximum absolute atomic E-state index is 13.0. The summed E-state index contributed by atoms with van der Waals surface area (Å²) in [6.45, 7) is 3.43. The SMILES string of the molecule is CC1(C)O[C@@H]2[C@H](O1)[C@@H](Nc1cncc(C(F)(F)F)n1)CO[C@@H]2CNC(=O)c1cc(F)[nH]n1. The zero-order valence-corrected chi connectivity index (χ0v) is 16.9. The standard InChI is InChI=1S/C18H20F4N6O4/c1-17(2)31-14-9(25-13-6-23-5-11(26-13)18(20,21)22)7-30-10(15(14)32-17)4-24-16(29)8-3-12(19)28-27-8/h3,5-6,9-10,14-15H,4,7H2,1-2H3,(H,24,29)(H,25,26)(H,27,28)/t9-,10+,14+,15-/m0/s1. The predicted molar refractivity (Wildman–Crippen MR) is 98.9 cm³/mol. The fourth-order valence-corrected chi connectivity index (χ4v) is 3.59. The molecule has 2 saturated heterocycles. The summed E-state index contributed by atoms with van der Waals surface area (Å²) in [6, 6.07) is 0.362. The normalized spacial score (nSPS) is 27.1. The third-order valence-electron chi connectivity index (χ3n) is 4.92. The number of hydrogen-bond acceptors (Lipinski definition) is 8. The lowest BCUT2D eigenvalue weighted by Gasteiger charge is -2.37. The van der Waals surface area contributed by atoms with Crippen LogP contribution in [0, 0.1) is 5.95 Å². The highest BCUT2D eigenvalue weighted by molar-refractivity contribution is 5.92. The fraction of sp³-hybridized carbons (Fsp3) is 0.556. The highest BCUT2D eigenvalue weighted by Crippen LogP contribution is 2.36. The average molecular weight is 460 g/mol. The van der Waals surface area contributed by atoms with Crippen LogP contribution < -0.4 is 10.6 Å². The molecule has 14 heteroatoms. The number of fused-ring (bicyclic) bond motifs is 1. The van der Waals surface area contributed by atoms with E-state index in [1.54, 1.807) is 13.8 Å². The van der Waals surface area contributed by atoms with Crippen molar-refractivity contribution in [2.45, 2.75) is 50.2 Å². The fourth-order valence-electron chi connectivity index (χ4n) is 3.59. The summed E-state index contributed by atoms with van der Waals surface area (Å²) in [7, 11) is 0. The van der Waals surface area contributed by atoms with Crippen molar-refractivity contribution in [3.05, 3.63) is 35.8 Å². The van der Waals surface area contributed by atoms with E-state index >= 15 is 0 Å². The van der Waals surface area contributed by atoms with Crippen LogP contribution in [0.5, 0.6) is 0 Å². The van der Waals surface area contributed by atoms with Crippen molar-refractivity contribution in [1.29, 1.82) is 0 Å². The average Bonchev–Trinajstić information content (AvgIpc) is 3.29. The van der Waals surface area contributed by atoms with Crippen LogP contribution in [0.2, 0.25) is 0 Å². The van der Waals surface area contributed by atoms with Crippen LogP contribution in [-0.4, -0.2) is 69.4 Å². The summed E-state index contributed by atoms with van der Waals surface area (Å²) in [5.41, 5.74) is -1.25. The van der Waals surface area contributed by atoms with Crippen LogP contribution in [0.3, 0.4) is 0 Å². The number of H-pyrrole nitrogens is 1. The first-order chi connectivity index (χ1) is 15.0. The number of ether oxygens (including phenoxy) is 3. The van der Waals surface area contributed by atoms with E-state index in [0.29, 0.717) is 6.20 Å². The predicted octanol–water partition coefficient (Wildman–Crippen LogP) is 1.49. The van der Waals surface area contributed by atoms with E-state index in [2.05, 4.69) is 25.7 Å². The number of aromatic amines is 1. The molecule has 4 heterocycles. The first kappa shape index (κ1) is 22.4. The van der Waals surface area contributed by atoms with Gasteiger partial charge in [-0.3, -0.25) is 14.9 Å². The van der Waals surface area contributed by atoms with Gasteiger partial charge in [-0.05, 0) is 13.8 Å². The van der Waals surface area contributed by atoms with Gasteiger partial charge >= 0.3 is 6.18 Å². The highest BCUT2D eigenvalue weighted by Gasteiger charge is 2.52. The van der Waals surface area contributed by atoms with Gasteiger partial charge in [-0.2, -0.15) is 22.7 Å². The number of nitrogens with zero attached hydrogens (tertiary/aromatic N) is 3. The molecule has 10 nitrogen and oxygen atoms in total. The summed E-state index contributed by atoms with van der Waals surface area (Å²) >= 11 is 0. The minimum absolute atomic E-state index is 0.0179.